The number of amides is 2. The molecule has 0 aliphatic rings. The molecule has 26 heavy (non-hydrogen) atoms. The zero-order valence-corrected chi connectivity index (χ0v) is 14.3. The smallest absolute Gasteiger partial charge is 0.244 e. The van der Waals surface area contributed by atoms with Gasteiger partial charge in [-0.1, -0.05) is 48.5 Å². The van der Waals surface area contributed by atoms with E-state index in [-0.39, 0.29) is 12.3 Å². The Balaban J connectivity index is 1.74. The number of nitrogens with one attached hydrogen (secondary N) is 1. The quantitative estimate of drug-likeness (QED) is 0.714. The lowest BCUT2D eigenvalue weighted by Gasteiger charge is -2.15. The molecule has 0 radical (unpaired) electrons. The number of carbonyl (C=O) groups is 2. The lowest BCUT2D eigenvalue weighted by molar-refractivity contribution is -0.127. The number of nitrogens with zero attached hydrogens (tertiary/aromatic N) is 1. The van der Waals surface area contributed by atoms with Crippen LogP contribution in [0.1, 0.15) is 23.1 Å². The molecule has 6 heteroatoms. The van der Waals surface area contributed by atoms with Gasteiger partial charge in [0.05, 0.1) is 12.1 Å². The first-order valence-electron chi connectivity index (χ1n) is 8.20. The number of primary amides is 1. The molecule has 0 unspecified atom stereocenters. The molecule has 132 valence electrons. The third-order valence-corrected chi connectivity index (χ3v) is 3.96. The van der Waals surface area contributed by atoms with Crippen molar-refractivity contribution in [3.63, 3.8) is 0 Å². The van der Waals surface area contributed by atoms with Crippen LogP contribution in [0.25, 0.3) is 11.5 Å². The molecule has 0 saturated heterocycles. The molecule has 2 amide bonds. The number of carbonyl (C=O) groups excluding carboxylic acids is 2. The van der Waals surface area contributed by atoms with Gasteiger partial charge in [0.1, 0.15) is 11.8 Å². The number of rotatable bonds is 6. The van der Waals surface area contributed by atoms with E-state index >= 15 is 0 Å². The summed E-state index contributed by atoms with van der Waals surface area (Å²) < 4.78 is 5.66. The van der Waals surface area contributed by atoms with Crippen LogP contribution in [0.15, 0.2) is 65.1 Å². The number of aromatic nitrogens is 1. The Labute approximate surface area is 151 Å². The summed E-state index contributed by atoms with van der Waals surface area (Å²) in [5.74, 6) is 0.0508. The summed E-state index contributed by atoms with van der Waals surface area (Å²) in [7, 11) is 0. The Bertz CT molecular complexity index is 905. The van der Waals surface area contributed by atoms with Gasteiger partial charge in [0, 0.05) is 5.56 Å². The topological polar surface area (TPSA) is 98.2 Å². The highest BCUT2D eigenvalue weighted by molar-refractivity contribution is 5.88. The first kappa shape index (κ1) is 17.4. The highest BCUT2D eigenvalue weighted by Gasteiger charge is 2.22. The van der Waals surface area contributed by atoms with Gasteiger partial charge in [0.2, 0.25) is 17.7 Å². The van der Waals surface area contributed by atoms with E-state index in [0.29, 0.717) is 22.9 Å². The Hall–Kier alpha value is -3.41. The van der Waals surface area contributed by atoms with Gasteiger partial charge in [-0.3, -0.25) is 9.59 Å². The molecule has 0 spiro atoms. The molecule has 2 aromatic carbocycles. The van der Waals surface area contributed by atoms with Crippen molar-refractivity contribution in [3.05, 3.63) is 77.7 Å². The number of nitrogens with two attached hydrogens (primary N) is 1. The van der Waals surface area contributed by atoms with Crippen molar-refractivity contribution in [2.45, 2.75) is 19.4 Å². The van der Waals surface area contributed by atoms with Gasteiger partial charge in [0.25, 0.3) is 0 Å². The molecule has 3 N–H and O–H groups in total. The van der Waals surface area contributed by atoms with E-state index in [1.165, 1.54) is 0 Å². The highest BCUT2D eigenvalue weighted by Crippen LogP contribution is 2.22. The standard InChI is InChI=1S/C20H19N3O3/c1-13-16(22-20(26-13)15-10-6-3-7-11-15)12-17(24)23-18(19(21)25)14-8-4-2-5-9-14/h2-11,18H,12H2,1H3,(H2,21,25)(H,23,24)/t18-/m1/s1. The second-order valence-corrected chi connectivity index (χ2v) is 5.88. The van der Waals surface area contributed by atoms with Crippen molar-refractivity contribution in [3.8, 4) is 11.5 Å². The maximum absolute atomic E-state index is 12.4. The molecule has 6 nitrogen and oxygen atoms in total. The lowest BCUT2D eigenvalue weighted by Crippen LogP contribution is -2.38. The summed E-state index contributed by atoms with van der Waals surface area (Å²) in [5, 5.41) is 2.66. The normalized spacial score (nSPS) is 11.7. The molecular formula is C20H19N3O3. The molecule has 0 bridgehead atoms. The van der Waals surface area contributed by atoms with Gasteiger partial charge in [-0.2, -0.15) is 0 Å². The van der Waals surface area contributed by atoms with Gasteiger partial charge in [-0.15, -0.1) is 0 Å². The maximum atomic E-state index is 12.4. The lowest BCUT2D eigenvalue weighted by atomic mass is 10.1. The van der Waals surface area contributed by atoms with Crippen LogP contribution in [0.4, 0.5) is 0 Å². The molecule has 0 saturated carbocycles. The summed E-state index contributed by atoms with van der Waals surface area (Å²) in [6.45, 7) is 1.75. The minimum atomic E-state index is -0.885. The van der Waals surface area contributed by atoms with Crippen LogP contribution in [0.3, 0.4) is 0 Å². The molecule has 0 fully saturated rings. The Morgan fingerprint density at radius 2 is 1.69 bits per heavy atom. The maximum Gasteiger partial charge on any atom is 0.244 e. The van der Waals surface area contributed by atoms with Crippen molar-refractivity contribution in [2.24, 2.45) is 5.73 Å². The van der Waals surface area contributed by atoms with Crippen LogP contribution >= 0.6 is 0 Å². The molecule has 0 aliphatic carbocycles. The third kappa shape index (κ3) is 3.97. The number of benzene rings is 2. The molecule has 1 aromatic heterocycles. The van der Waals surface area contributed by atoms with Crippen LogP contribution in [0, 0.1) is 6.92 Å². The zero-order chi connectivity index (χ0) is 18.5. The van der Waals surface area contributed by atoms with Gasteiger partial charge < -0.3 is 15.5 Å². The van der Waals surface area contributed by atoms with Crippen LogP contribution in [-0.2, 0) is 16.0 Å². The van der Waals surface area contributed by atoms with Crippen LogP contribution in [0.5, 0.6) is 0 Å². The van der Waals surface area contributed by atoms with Gasteiger partial charge in [0.15, 0.2) is 0 Å². The third-order valence-electron chi connectivity index (χ3n) is 3.96. The van der Waals surface area contributed by atoms with Crippen molar-refractivity contribution in [1.29, 1.82) is 0 Å². The first-order chi connectivity index (χ1) is 12.5. The van der Waals surface area contributed by atoms with E-state index in [2.05, 4.69) is 10.3 Å². The average Bonchev–Trinajstić information content (AvgIpc) is 3.01. The van der Waals surface area contributed by atoms with Crippen molar-refractivity contribution in [2.75, 3.05) is 0 Å². The minimum Gasteiger partial charge on any atom is -0.441 e. The SMILES string of the molecule is Cc1oc(-c2ccccc2)nc1CC(=O)N[C@@H](C(N)=O)c1ccccc1. The van der Waals surface area contributed by atoms with Gasteiger partial charge in [-0.25, -0.2) is 4.98 Å². The fourth-order valence-electron chi connectivity index (χ4n) is 2.62. The summed E-state index contributed by atoms with van der Waals surface area (Å²) in [4.78, 5) is 28.5. The molecule has 1 atom stereocenters. The number of hydrogen-bond donors (Lipinski definition) is 2. The fourth-order valence-corrected chi connectivity index (χ4v) is 2.62. The van der Waals surface area contributed by atoms with Gasteiger partial charge in [-0.05, 0) is 24.6 Å². The second-order valence-electron chi connectivity index (χ2n) is 5.88. The Kier molecular flexibility index (Phi) is 5.12. The summed E-state index contributed by atoms with van der Waals surface area (Å²) in [6.07, 6.45) is -0.00121. The predicted octanol–water partition coefficient (Wildman–Crippen LogP) is 2.54. The minimum absolute atomic E-state index is 0.00121. The van der Waals surface area contributed by atoms with Crippen molar-refractivity contribution < 1.29 is 14.0 Å². The van der Waals surface area contributed by atoms with Crippen LogP contribution < -0.4 is 11.1 Å². The van der Waals surface area contributed by atoms with E-state index in [1.807, 2.05) is 36.4 Å². The second kappa shape index (κ2) is 7.65. The summed E-state index contributed by atoms with van der Waals surface area (Å²) >= 11 is 0. The van der Waals surface area contributed by atoms with Crippen molar-refractivity contribution >= 4 is 11.8 Å². The monoisotopic (exact) mass is 349 g/mol. The van der Waals surface area contributed by atoms with Gasteiger partial charge >= 0.3 is 0 Å². The van der Waals surface area contributed by atoms with E-state index < -0.39 is 11.9 Å². The predicted molar refractivity (Wildman–Crippen MR) is 96.9 cm³/mol. The van der Waals surface area contributed by atoms with E-state index in [4.69, 9.17) is 10.2 Å². The molecule has 3 aromatic rings. The largest absolute Gasteiger partial charge is 0.441 e. The summed E-state index contributed by atoms with van der Waals surface area (Å²) in [5.41, 5.74) is 7.43. The van der Waals surface area contributed by atoms with Crippen molar-refractivity contribution in [1.82, 2.24) is 10.3 Å². The molecule has 1 heterocycles. The molecule has 0 aliphatic heterocycles. The van der Waals surface area contributed by atoms with E-state index in [9.17, 15) is 9.59 Å². The first-order valence-corrected chi connectivity index (χ1v) is 8.20. The van der Waals surface area contributed by atoms with Crippen LogP contribution in [0.2, 0.25) is 0 Å². The van der Waals surface area contributed by atoms with E-state index in [1.54, 1.807) is 31.2 Å². The molecular weight excluding hydrogens is 330 g/mol. The highest BCUT2D eigenvalue weighted by atomic mass is 16.4. The summed E-state index contributed by atoms with van der Waals surface area (Å²) in [6, 6.07) is 17.4. The average molecular weight is 349 g/mol. The fraction of sp³-hybridized carbons (Fsp3) is 0.150. The Morgan fingerprint density at radius 1 is 1.08 bits per heavy atom. The number of oxazole rings is 1. The molecule has 3 rings (SSSR count). The zero-order valence-electron chi connectivity index (χ0n) is 14.3. The van der Waals surface area contributed by atoms with Crippen LogP contribution in [-0.4, -0.2) is 16.8 Å². The number of aryl methyl sites for hydroxylation is 1. The number of hydrogen-bond acceptors (Lipinski definition) is 4. The Morgan fingerprint density at radius 3 is 2.31 bits per heavy atom. The van der Waals surface area contributed by atoms with E-state index in [0.717, 1.165) is 5.56 Å².